The zero-order valence-electron chi connectivity index (χ0n) is 16.0. The van der Waals surface area contributed by atoms with Crippen LogP contribution in [0.5, 0.6) is 0 Å². The highest BCUT2D eigenvalue weighted by Gasteiger charge is 2.59. The Morgan fingerprint density at radius 2 is 2.11 bits per heavy atom. The van der Waals surface area contributed by atoms with Gasteiger partial charge in [0.2, 0.25) is 0 Å². The fourth-order valence-corrected chi connectivity index (χ4v) is 3.84. The molecule has 2 rings (SSSR count). The Morgan fingerprint density at radius 1 is 1.48 bits per heavy atom. The first-order valence-electron chi connectivity index (χ1n) is 8.40. The number of rotatable bonds is 4. The minimum atomic E-state index is -2.46. The molecule has 9 nitrogen and oxygen atoms in total. The largest absolute Gasteiger partial charge is 0.411 e. The molecule has 0 saturated carbocycles. The maximum absolute atomic E-state index is 12.3. The first-order chi connectivity index (χ1) is 12.4. The molecule has 2 heterocycles. The molecule has 1 aromatic heterocycles. The third-order valence-electron chi connectivity index (χ3n) is 5.20. The number of aromatic amines is 1. The van der Waals surface area contributed by atoms with Crippen LogP contribution in [0, 0.1) is 12.3 Å². The van der Waals surface area contributed by atoms with Crippen LogP contribution in [0.3, 0.4) is 0 Å². The van der Waals surface area contributed by atoms with E-state index in [1.165, 1.54) is 6.20 Å². The standard InChI is InChI=1S/C17H25N3O6Si/c1-7-17(23)11(10-18-24)25-14(20-9-8-12(21)19-15(20)22)13(17)26-27(5,6)16(2,3)4/h1,8-11,13-14,23-24H,2-6H3,(H,19,21,22)/b18-10+. The van der Waals surface area contributed by atoms with Crippen molar-refractivity contribution < 1.29 is 19.5 Å². The minimum absolute atomic E-state index is 0.216. The number of nitrogens with one attached hydrogen (secondary N) is 1. The van der Waals surface area contributed by atoms with Gasteiger partial charge < -0.3 is 19.5 Å². The number of terminal acetylenes is 1. The maximum Gasteiger partial charge on any atom is 0.330 e. The molecule has 1 saturated heterocycles. The Morgan fingerprint density at radius 3 is 2.59 bits per heavy atom. The van der Waals surface area contributed by atoms with Crippen LogP contribution in [0.25, 0.3) is 0 Å². The van der Waals surface area contributed by atoms with Crippen LogP contribution in [-0.4, -0.2) is 52.2 Å². The summed E-state index contributed by atoms with van der Waals surface area (Å²) in [5.74, 6) is 2.27. The van der Waals surface area contributed by atoms with Crippen LogP contribution in [0.2, 0.25) is 18.1 Å². The molecule has 1 aliphatic rings. The average Bonchev–Trinajstić information content (AvgIpc) is 2.80. The lowest BCUT2D eigenvalue weighted by molar-refractivity contribution is -0.0276. The second-order valence-electron chi connectivity index (χ2n) is 8.00. The van der Waals surface area contributed by atoms with Crippen molar-refractivity contribution in [1.29, 1.82) is 0 Å². The summed E-state index contributed by atoms with van der Waals surface area (Å²) < 4.78 is 13.1. The SMILES string of the molecule is C#CC1(O)C(/C=N/O)OC(n2ccc(=O)[nH]c2=O)C1O[Si](C)(C)C(C)(C)C. The van der Waals surface area contributed by atoms with Crippen molar-refractivity contribution in [2.75, 3.05) is 0 Å². The van der Waals surface area contributed by atoms with Gasteiger partial charge in [-0.3, -0.25) is 14.3 Å². The molecule has 0 spiro atoms. The summed E-state index contributed by atoms with van der Waals surface area (Å²) >= 11 is 0. The normalized spacial score (nSPS) is 29.1. The Kier molecular flexibility index (Phi) is 5.54. The number of ether oxygens (including phenoxy) is 1. The summed E-state index contributed by atoms with van der Waals surface area (Å²) in [6.45, 7) is 9.96. The number of nitrogens with zero attached hydrogens (tertiary/aromatic N) is 2. The van der Waals surface area contributed by atoms with Crippen molar-refractivity contribution >= 4 is 14.5 Å². The molecule has 4 atom stereocenters. The first kappa shape index (κ1) is 21.1. The smallest absolute Gasteiger partial charge is 0.330 e. The molecule has 27 heavy (non-hydrogen) atoms. The minimum Gasteiger partial charge on any atom is -0.411 e. The van der Waals surface area contributed by atoms with Crippen LogP contribution < -0.4 is 11.2 Å². The van der Waals surface area contributed by atoms with Crippen molar-refractivity contribution in [3.63, 3.8) is 0 Å². The van der Waals surface area contributed by atoms with Crippen molar-refractivity contribution in [3.8, 4) is 12.3 Å². The van der Waals surface area contributed by atoms with Gasteiger partial charge in [0.05, 0.1) is 6.21 Å². The number of aliphatic hydroxyl groups is 1. The van der Waals surface area contributed by atoms with E-state index >= 15 is 0 Å². The van der Waals surface area contributed by atoms with Gasteiger partial charge in [0.1, 0.15) is 12.2 Å². The second-order valence-corrected chi connectivity index (χ2v) is 12.8. The Balaban J connectivity index is 2.61. The molecule has 0 radical (unpaired) electrons. The van der Waals surface area contributed by atoms with Gasteiger partial charge in [0.25, 0.3) is 5.56 Å². The lowest BCUT2D eigenvalue weighted by atomic mass is 9.93. The van der Waals surface area contributed by atoms with E-state index in [2.05, 4.69) is 16.1 Å². The fourth-order valence-electron chi connectivity index (χ4n) is 2.56. The third kappa shape index (κ3) is 3.77. The Bertz CT molecular complexity index is 878. The van der Waals surface area contributed by atoms with Crippen molar-refractivity contribution in [3.05, 3.63) is 33.1 Å². The van der Waals surface area contributed by atoms with E-state index in [0.717, 1.165) is 16.8 Å². The van der Waals surface area contributed by atoms with Gasteiger partial charge in [-0.15, -0.1) is 6.42 Å². The predicted octanol–water partition coefficient (Wildman–Crippen LogP) is 0.649. The van der Waals surface area contributed by atoms with E-state index in [-0.39, 0.29) is 5.04 Å². The summed E-state index contributed by atoms with van der Waals surface area (Å²) in [5, 5.41) is 22.7. The van der Waals surface area contributed by atoms with Gasteiger partial charge in [0, 0.05) is 12.3 Å². The van der Waals surface area contributed by atoms with E-state index in [0.29, 0.717) is 0 Å². The summed E-state index contributed by atoms with van der Waals surface area (Å²) in [6.07, 6.45) is 4.28. The molecular weight excluding hydrogens is 370 g/mol. The van der Waals surface area contributed by atoms with E-state index < -0.39 is 43.6 Å². The molecule has 1 aliphatic heterocycles. The lowest BCUT2D eigenvalue weighted by Gasteiger charge is -2.41. The second kappa shape index (κ2) is 7.08. The lowest BCUT2D eigenvalue weighted by Crippen LogP contribution is -2.55. The summed E-state index contributed by atoms with van der Waals surface area (Å²) in [5.41, 5.74) is -3.30. The zero-order chi connectivity index (χ0) is 20.6. The molecule has 3 N–H and O–H groups in total. The van der Waals surface area contributed by atoms with Gasteiger partial charge in [0.15, 0.2) is 20.1 Å². The summed E-state index contributed by atoms with van der Waals surface area (Å²) in [6, 6.07) is 1.15. The average molecular weight is 395 g/mol. The molecule has 1 aromatic rings. The van der Waals surface area contributed by atoms with Gasteiger partial charge in [-0.1, -0.05) is 31.8 Å². The van der Waals surface area contributed by atoms with Gasteiger partial charge in [-0.25, -0.2) is 4.79 Å². The van der Waals surface area contributed by atoms with Crippen molar-refractivity contribution in [1.82, 2.24) is 9.55 Å². The van der Waals surface area contributed by atoms with Crippen molar-refractivity contribution in [2.45, 2.75) is 62.9 Å². The highest BCUT2D eigenvalue weighted by Crippen LogP contribution is 2.44. The number of aromatic nitrogens is 2. The highest BCUT2D eigenvalue weighted by molar-refractivity contribution is 6.74. The molecular formula is C17H25N3O6Si. The van der Waals surface area contributed by atoms with Crippen LogP contribution in [0.1, 0.15) is 27.0 Å². The van der Waals surface area contributed by atoms with Crippen LogP contribution in [-0.2, 0) is 9.16 Å². The van der Waals surface area contributed by atoms with E-state index in [9.17, 15) is 14.7 Å². The van der Waals surface area contributed by atoms with Crippen LogP contribution >= 0.6 is 0 Å². The molecule has 0 amide bonds. The number of H-pyrrole nitrogens is 1. The van der Waals surface area contributed by atoms with E-state index in [1.807, 2.05) is 33.9 Å². The third-order valence-corrected chi connectivity index (χ3v) is 9.65. The predicted molar refractivity (Wildman–Crippen MR) is 101 cm³/mol. The highest BCUT2D eigenvalue weighted by atomic mass is 28.4. The monoisotopic (exact) mass is 395 g/mol. The summed E-state index contributed by atoms with van der Waals surface area (Å²) in [4.78, 5) is 25.8. The van der Waals surface area contributed by atoms with Crippen LogP contribution in [0.4, 0.5) is 0 Å². The molecule has 4 unspecified atom stereocenters. The number of hydrogen-bond acceptors (Lipinski definition) is 7. The van der Waals surface area contributed by atoms with Crippen molar-refractivity contribution in [2.24, 2.45) is 5.16 Å². The maximum atomic E-state index is 12.3. The van der Waals surface area contributed by atoms with Crippen LogP contribution in [0.15, 0.2) is 27.0 Å². The number of hydrogen-bond donors (Lipinski definition) is 3. The Hall–Kier alpha value is -2.19. The molecule has 0 aliphatic carbocycles. The van der Waals surface area contributed by atoms with E-state index in [4.69, 9.17) is 20.8 Å². The van der Waals surface area contributed by atoms with Gasteiger partial charge in [-0.05, 0) is 18.1 Å². The molecule has 148 valence electrons. The Labute approximate surface area is 157 Å². The molecule has 1 fully saturated rings. The fraction of sp³-hybridized carbons (Fsp3) is 0.588. The van der Waals surface area contributed by atoms with Gasteiger partial charge >= 0.3 is 5.69 Å². The van der Waals surface area contributed by atoms with E-state index in [1.54, 1.807) is 0 Å². The first-order valence-corrected chi connectivity index (χ1v) is 11.3. The topological polar surface area (TPSA) is 126 Å². The summed E-state index contributed by atoms with van der Waals surface area (Å²) in [7, 11) is -2.46. The van der Waals surface area contributed by atoms with Gasteiger partial charge in [-0.2, -0.15) is 0 Å². The number of oxime groups is 1. The molecule has 0 bridgehead atoms. The molecule has 10 heteroatoms. The quantitative estimate of drug-likeness (QED) is 0.226. The zero-order valence-corrected chi connectivity index (χ0v) is 17.0. The molecule has 0 aromatic carbocycles.